The fraction of sp³-hybridized carbons (Fsp3) is 0.231. The molecule has 6 nitrogen and oxygen atoms in total. The molecule has 7 heteroatoms. The largest absolute Gasteiger partial charge is 0.409 e. The van der Waals surface area contributed by atoms with Crippen LogP contribution in [0.25, 0.3) is 0 Å². The highest BCUT2D eigenvalue weighted by Gasteiger charge is 2.11. The molecule has 0 saturated heterocycles. The molecule has 0 aliphatic rings. The van der Waals surface area contributed by atoms with E-state index in [1.54, 1.807) is 18.3 Å². The van der Waals surface area contributed by atoms with Gasteiger partial charge < -0.3 is 20.4 Å². The third kappa shape index (κ3) is 2.85. The van der Waals surface area contributed by atoms with Gasteiger partial charge in [-0.1, -0.05) is 16.8 Å². The van der Waals surface area contributed by atoms with Crippen molar-refractivity contribution >= 4 is 23.1 Å². The second-order valence-corrected chi connectivity index (χ2v) is 4.87. The van der Waals surface area contributed by atoms with Crippen molar-refractivity contribution in [1.82, 2.24) is 9.55 Å². The van der Waals surface area contributed by atoms with Crippen molar-refractivity contribution in [2.45, 2.75) is 6.54 Å². The summed E-state index contributed by atoms with van der Waals surface area (Å²) < 4.78 is 1.95. The Morgan fingerprint density at radius 2 is 2.30 bits per heavy atom. The summed E-state index contributed by atoms with van der Waals surface area (Å²) in [7, 11) is 3.87. The maximum Gasteiger partial charge on any atom is 0.170 e. The number of nitrogens with zero attached hydrogens (tertiary/aromatic N) is 4. The Bertz CT molecular complexity index is 637. The van der Waals surface area contributed by atoms with E-state index in [-0.39, 0.29) is 5.84 Å². The van der Waals surface area contributed by atoms with Crippen LogP contribution in [0.1, 0.15) is 11.4 Å². The molecule has 0 radical (unpaired) electrons. The van der Waals surface area contributed by atoms with E-state index in [1.807, 2.05) is 35.8 Å². The van der Waals surface area contributed by atoms with E-state index in [0.717, 1.165) is 11.5 Å². The van der Waals surface area contributed by atoms with E-state index in [2.05, 4.69) is 10.1 Å². The monoisotopic (exact) mass is 293 g/mol. The second-order valence-electron chi connectivity index (χ2n) is 4.46. The molecule has 0 aliphatic carbocycles. The number of amidine groups is 1. The molecule has 0 amide bonds. The number of oxime groups is 1. The number of anilines is 1. The van der Waals surface area contributed by atoms with E-state index in [1.165, 1.54) is 0 Å². The minimum Gasteiger partial charge on any atom is -0.409 e. The average molecular weight is 294 g/mol. The summed E-state index contributed by atoms with van der Waals surface area (Å²) in [6.07, 6.45) is 3.65. The van der Waals surface area contributed by atoms with Crippen LogP contribution in [0.2, 0.25) is 5.02 Å². The van der Waals surface area contributed by atoms with Crippen LogP contribution in [-0.4, -0.2) is 27.6 Å². The lowest BCUT2D eigenvalue weighted by atomic mass is 10.2. The molecule has 1 heterocycles. The zero-order chi connectivity index (χ0) is 14.7. The maximum absolute atomic E-state index is 8.66. The van der Waals surface area contributed by atoms with Crippen LogP contribution >= 0.6 is 11.6 Å². The summed E-state index contributed by atoms with van der Waals surface area (Å²) >= 11 is 6.24. The van der Waals surface area contributed by atoms with Gasteiger partial charge in [0.15, 0.2) is 5.84 Å². The zero-order valence-corrected chi connectivity index (χ0v) is 12.0. The number of hydrogen-bond donors (Lipinski definition) is 2. The second kappa shape index (κ2) is 5.83. The molecule has 1 aromatic heterocycles. The van der Waals surface area contributed by atoms with Crippen LogP contribution < -0.4 is 10.6 Å². The highest BCUT2D eigenvalue weighted by Crippen LogP contribution is 2.27. The number of benzene rings is 1. The van der Waals surface area contributed by atoms with E-state index in [4.69, 9.17) is 22.5 Å². The Balaban J connectivity index is 2.22. The summed E-state index contributed by atoms with van der Waals surface area (Å²) in [6.45, 7) is 0.631. The van der Waals surface area contributed by atoms with Gasteiger partial charge >= 0.3 is 0 Å². The molecule has 2 aromatic rings. The van der Waals surface area contributed by atoms with Crippen LogP contribution in [0.15, 0.2) is 35.7 Å². The normalized spacial score (nSPS) is 11.7. The van der Waals surface area contributed by atoms with Gasteiger partial charge in [-0.2, -0.15) is 0 Å². The van der Waals surface area contributed by atoms with Gasteiger partial charge in [0.25, 0.3) is 0 Å². The van der Waals surface area contributed by atoms with Crippen molar-refractivity contribution in [3.05, 3.63) is 47.0 Å². The zero-order valence-electron chi connectivity index (χ0n) is 11.3. The SMILES string of the molecule is CN(Cc1nccn1C)c1ccc(C(N)=NO)cc1Cl. The number of rotatable bonds is 4. The smallest absolute Gasteiger partial charge is 0.170 e. The van der Waals surface area contributed by atoms with Crippen molar-refractivity contribution < 1.29 is 5.21 Å². The highest BCUT2D eigenvalue weighted by atomic mass is 35.5. The Kier molecular flexibility index (Phi) is 4.14. The number of hydrogen-bond acceptors (Lipinski definition) is 4. The topological polar surface area (TPSA) is 79.7 Å². The van der Waals surface area contributed by atoms with Crippen molar-refractivity contribution in [3.63, 3.8) is 0 Å². The number of aryl methyl sites for hydroxylation is 1. The fourth-order valence-corrected chi connectivity index (χ4v) is 2.20. The molecule has 0 unspecified atom stereocenters. The van der Waals surface area contributed by atoms with Gasteiger partial charge in [-0.15, -0.1) is 0 Å². The summed E-state index contributed by atoms with van der Waals surface area (Å²) in [6, 6.07) is 5.25. The summed E-state index contributed by atoms with van der Waals surface area (Å²) in [5, 5.41) is 12.1. The predicted molar refractivity (Wildman–Crippen MR) is 79.3 cm³/mol. The van der Waals surface area contributed by atoms with E-state index in [0.29, 0.717) is 17.1 Å². The Labute approximate surface area is 122 Å². The minimum absolute atomic E-state index is 0.0326. The molecule has 0 atom stereocenters. The first kappa shape index (κ1) is 14.2. The highest BCUT2D eigenvalue weighted by molar-refractivity contribution is 6.33. The molecule has 3 N–H and O–H groups in total. The Morgan fingerprint density at radius 3 is 2.85 bits per heavy atom. The third-order valence-corrected chi connectivity index (χ3v) is 3.36. The Morgan fingerprint density at radius 1 is 1.55 bits per heavy atom. The molecular formula is C13H16ClN5O. The molecule has 0 aliphatic heterocycles. The van der Waals surface area contributed by atoms with Crippen molar-refractivity contribution in [1.29, 1.82) is 0 Å². The Hall–Kier alpha value is -2.21. The first-order valence-electron chi connectivity index (χ1n) is 5.97. The lowest BCUT2D eigenvalue weighted by Crippen LogP contribution is -2.20. The first-order valence-corrected chi connectivity index (χ1v) is 6.35. The average Bonchev–Trinajstić information content (AvgIpc) is 2.83. The van der Waals surface area contributed by atoms with Crippen LogP contribution in [0.5, 0.6) is 0 Å². The van der Waals surface area contributed by atoms with Gasteiger partial charge in [-0.25, -0.2) is 4.98 Å². The number of halogens is 1. The van der Waals surface area contributed by atoms with Crippen molar-refractivity contribution in [2.75, 3.05) is 11.9 Å². The summed E-state index contributed by atoms with van der Waals surface area (Å²) in [5.74, 6) is 0.967. The number of imidazole rings is 1. The van der Waals surface area contributed by atoms with Crippen LogP contribution in [-0.2, 0) is 13.6 Å². The quantitative estimate of drug-likeness (QED) is 0.390. The van der Waals surface area contributed by atoms with Crippen LogP contribution in [0.3, 0.4) is 0 Å². The molecule has 106 valence electrons. The van der Waals surface area contributed by atoms with Crippen LogP contribution in [0.4, 0.5) is 5.69 Å². The van der Waals surface area contributed by atoms with Gasteiger partial charge in [0.05, 0.1) is 17.3 Å². The van der Waals surface area contributed by atoms with Crippen molar-refractivity contribution in [3.8, 4) is 0 Å². The minimum atomic E-state index is 0.0326. The van der Waals surface area contributed by atoms with E-state index < -0.39 is 0 Å². The van der Waals surface area contributed by atoms with Crippen LogP contribution in [0, 0.1) is 0 Å². The summed E-state index contributed by atoms with van der Waals surface area (Å²) in [4.78, 5) is 6.26. The number of nitrogens with two attached hydrogens (primary N) is 1. The standard InChI is InChI=1S/C13H16ClN5O/c1-18-6-5-16-12(18)8-19(2)11-4-3-9(7-10(11)14)13(15)17-20/h3-7,20H,8H2,1-2H3,(H2,15,17). The molecule has 1 aromatic carbocycles. The van der Waals surface area contributed by atoms with Gasteiger partial charge in [-0.05, 0) is 18.2 Å². The molecule has 2 rings (SSSR count). The maximum atomic E-state index is 8.66. The molecule has 0 fully saturated rings. The molecule has 0 saturated carbocycles. The molecule has 0 bridgehead atoms. The third-order valence-electron chi connectivity index (χ3n) is 3.06. The predicted octanol–water partition coefficient (Wildman–Crippen LogP) is 1.80. The number of aromatic nitrogens is 2. The summed E-state index contributed by atoms with van der Waals surface area (Å²) in [5.41, 5.74) is 6.96. The van der Waals surface area contributed by atoms with Gasteiger partial charge in [0.2, 0.25) is 0 Å². The van der Waals surface area contributed by atoms with E-state index >= 15 is 0 Å². The van der Waals surface area contributed by atoms with Gasteiger partial charge in [0.1, 0.15) is 5.82 Å². The molecule has 0 spiro atoms. The fourth-order valence-electron chi connectivity index (χ4n) is 1.88. The van der Waals surface area contributed by atoms with Gasteiger partial charge in [-0.3, -0.25) is 0 Å². The lowest BCUT2D eigenvalue weighted by molar-refractivity contribution is 0.318. The lowest BCUT2D eigenvalue weighted by Gasteiger charge is -2.20. The van der Waals surface area contributed by atoms with Crippen molar-refractivity contribution in [2.24, 2.45) is 17.9 Å². The van der Waals surface area contributed by atoms with E-state index in [9.17, 15) is 0 Å². The molecular weight excluding hydrogens is 278 g/mol. The molecule has 20 heavy (non-hydrogen) atoms. The van der Waals surface area contributed by atoms with Gasteiger partial charge in [0, 0.05) is 32.1 Å². The first-order chi connectivity index (χ1) is 9.52.